The van der Waals surface area contributed by atoms with Crippen LogP contribution < -0.4 is 24.3 Å². The molecule has 0 aliphatic carbocycles. The minimum absolute atomic E-state index is 0.185. The zero-order valence-corrected chi connectivity index (χ0v) is 17.7. The molecule has 1 saturated heterocycles. The lowest BCUT2D eigenvalue weighted by atomic mass is 10.2. The standard InChI is InChI=1S/C21H21NO5S2/c1-24-15-5-3-6-16(13-15)26-9-4-10-27-17-8-7-14(11-18(17)25-2)12-19-20(23)22-21(28)29-19/h3,5-8,11-13H,4,9-10H2,1-2H3,(H,22,23,28)/b19-12-. The Kier molecular flexibility index (Phi) is 7.37. The van der Waals surface area contributed by atoms with Crippen LogP contribution >= 0.6 is 24.0 Å². The van der Waals surface area contributed by atoms with Crippen molar-refractivity contribution in [3.05, 3.63) is 52.9 Å². The number of carbonyl (C=O) groups is 1. The van der Waals surface area contributed by atoms with Crippen LogP contribution in [0, 0.1) is 0 Å². The molecule has 1 amide bonds. The van der Waals surface area contributed by atoms with Gasteiger partial charge in [0, 0.05) is 12.5 Å². The van der Waals surface area contributed by atoms with Gasteiger partial charge in [0.1, 0.15) is 15.8 Å². The van der Waals surface area contributed by atoms with Gasteiger partial charge in [-0.15, -0.1) is 0 Å². The number of carbonyl (C=O) groups excluding carboxylic acids is 1. The van der Waals surface area contributed by atoms with E-state index in [2.05, 4.69) is 5.32 Å². The molecule has 0 atom stereocenters. The molecule has 1 heterocycles. The molecule has 0 bridgehead atoms. The van der Waals surface area contributed by atoms with E-state index >= 15 is 0 Å². The van der Waals surface area contributed by atoms with Crippen LogP contribution in [0.15, 0.2) is 47.4 Å². The largest absolute Gasteiger partial charge is 0.497 e. The summed E-state index contributed by atoms with van der Waals surface area (Å²) in [7, 11) is 3.20. The molecule has 1 aliphatic rings. The van der Waals surface area contributed by atoms with Crippen molar-refractivity contribution >= 4 is 40.3 Å². The number of benzene rings is 2. The fourth-order valence-electron chi connectivity index (χ4n) is 2.59. The van der Waals surface area contributed by atoms with E-state index < -0.39 is 0 Å². The normalized spacial score (nSPS) is 14.6. The Morgan fingerprint density at radius 2 is 1.79 bits per heavy atom. The number of rotatable bonds is 9. The molecule has 2 aromatic rings. The van der Waals surface area contributed by atoms with Gasteiger partial charge in [-0.3, -0.25) is 4.79 Å². The summed E-state index contributed by atoms with van der Waals surface area (Å²) in [4.78, 5) is 12.3. The average molecular weight is 432 g/mol. The lowest BCUT2D eigenvalue weighted by Crippen LogP contribution is -2.17. The van der Waals surface area contributed by atoms with Crippen molar-refractivity contribution in [3.8, 4) is 23.0 Å². The van der Waals surface area contributed by atoms with Crippen molar-refractivity contribution in [3.63, 3.8) is 0 Å². The number of nitrogens with one attached hydrogen (secondary N) is 1. The Morgan fingerprint density at radius 3 is 2.52 bits per heavy atom. The highest BCUT2D eigenvalue weighted by Gasteiger charge is 2.22. The highest BCUT2D eigenvalue weighted by molar-refractivity contribution is 8.26. The summed E-state index contributed by atoms with van der Waals surface area (Å²) in [5.41, 5.74) is 0.831. The van der Waals surface area contributed by atoms with Crippen molar-refractivity contribution in [2.75, 3.05) is 27.4 Å². The molecule has 3 rings (SSSR count). The predicted octanol–water partition coefficient (Wildman–Crippen LogP) is 4.04. The van der Waals surface area contributed by atoms with Crippen molar-refractivity contribution in [2.45, 2.75) is 6.42 Å². The molecule has 1 fully saturated rings. The van der Waals surface area contributed by atoms with Crippen molar-refractivity contribution in [1.82, 2.24) is 5.32 Å². The summed E-state index contributed by atoms with van der Waals surface area (Å²) in [6.45, 7) is 0.999. The maximum Gasteiger partial charge on any atom is 0.263 e. The van der Waals surface area contributed by atoms with Crippen LogP contribution in [-0.4, -0.2) is 37.7 Å². The second kappa shape index (κ2) is 10.2. The second-order valence-corrected chi connectivity index (χ2v) is 7.71. The lowest BCUT2D eigenvalue weighted by Gasteiger charge is -2.12. The number of amides is 1. The van der Waals surface area contributed by atoms with Gasteiger partial charge in [-0.1, -0.05) is 36.1 Å². The molecular formula is C21H21NO5S2. The first-order valence-corrected chi connectivity index (χ1v) is 10.1. The fourth-order valence-corrected chi connectivity index (χ4v) is 3.63. The first-order valence-electron chi connectivity index (χ1n) is 8.91. The number of thiocarbonyl (C=S) groups is 1. The maximum absolute atomic E-state index is 11.8. The van der Waals surface area contributed by atoms with Crippen LogP contribution in [0.1, 0.15) is 12.0 Å². The third kappa shape index (κ3) is 5.88. The number of hydrogen-bond acceptors (Lipinski definition) is 7. The minimum Gasteiger partial charge on any atom is -0.497 e. The van der Waals surface area contributed by atoms with E-state index in [0.717, 1.165) is 17.1 Å². The van der Waals surface area contributed by atoms with Crippen molar-refractivity contribution in [2.24, 2.45) is 0 Å². The molecule has 1 N–H and O–H groups in total. The Bertz CT molecular complexity index is 929. The first kappa shape index (κ1) is 21.0. The second-order valence-electron chi connectivity index (χ2n) is 5.99. The predicted molar refractivity (Wildman–Crippen MR) is 118 cm³/mol. The van der Waals surface area contributed by atoms with Gasteiger partial charge in [0.15, 0.2) is 11.5 Å². The quantitative estimate of drug-likeness (QED) is 0.365. The summed E-state index contributed by atoms with van der Waals surface area (Å²) in [5.74, 6) is 2.56. The van der Waals surface area contributed by atoms with E-state index in [1.165, 1.54) is 11.8 Å². The van der Waals surface area contributed by atoms with Gasteiger partial charge in [0.05, 0.1) is 32.3 Å². The number of hydrogen-bond donors (Lipinski definition) is 1. The van der Waals surface area contributed by atoms with Gasteiger partial charge in [-0.25, -0.2) is 0 Å². The number of methoxy groups -OCH3 is 2. The molecule has 0 saturated carbocycles. The SMILES string of the molecule is COc1cccc(OCCCOc2ccc(/C=C3\SC(=S)NC3=O)cc2OC)c1. The van der Waals surface area contributed by atoms with E-state index in [4.69, 9.17) is 31.2 Å². The van der Waals surface area contributed by atoms with Crippen LogP contribution in [0.3, 0.4) is 0 Å². The van der Waals surface area contributed by atoms with E-state index in [1.54, 1.807) is 20.3 Å². The average Bonchev–Trinajstić information content (AvgIpc) is 3.05. The molecule has 6 nitrogen and oxygen atoms in total. The smallest absolute Gasteiger partial charge is 0.263 e. The van der Waals surface area contributed by atoms with Crippen LogP contribution in [0.25, 0.3) is 6.08 Å². The molecule has 0 unspecified atom stereocenters. The molecule has 1 aliphatic heterocycles. The molecule has 8 heteroatoms. The highest BCUT2D eigenvalue weighted by Crippen LogP contribution is 2.31. The topological polar surface area (TPSA) is 66.0 Å². The van der Waals surface area contributed by atoms with E-state index in [9.17, 15) is 4.79 Å². The monoisotopic (exact) mass is 431 g/mol. The zero-order valence-electron chi connectivity index (χ0n) is 16.1. The fraction of sp³-hybridized carbons (Fsp3) is 0.238. The van der Waals surface area contributed by atoms with Crippen molar-refractivity contribution < 1.29 is 23.7 Å². The molecule has 0 radical (unpaired) electrons. The summed E-state index contributed by atoms with van der Waals surface area (Å²) in [5, 5.41) is 2.60. The molecule has 152 valence electrons. The maximum atomic E-state index is 11.8. The van der Waals surface area contributed by atoms with Gasteiger partial charge >= 0.3 is 0 Å². The molecular weight excluding hydrogens is 410 g/mol. The molecule has 0 spiro atoms. The van der Waals surface area contributed by atoms with Gasteiger partial charge in [0.25, 0.3) is 5.91 Å². The highest BCUT2D eigenvalue weighted by atomic mass is 32.2. The molecule has 2 aromatic carbocycles. The van der Waals surface area contributed by atoms with Gasteiger partial charge in [-0.05, 0) is 35.9 Å². The van der Waals surface area contributed by atoms with Crippen LogP contribution in [0.4, 0.5) is 0 Å². The number of ether oxygens (including phenoxy) is 4. The van der Waals surface area contributed by atoms with Gasteiger partial charge < -0.3 is 24.3 Å². The number of thioether (sulfide) groups is 1. The zero-order chi connectivity index (χ0) is 20.6. The van der Waals surface area contributed by atoms with Gasteiger partial charge in [0.2, 0.25) is 0 Å². The van der Waals surface area contributed by atoms with Crippen molar-refractivity contribution in [1.29, 1.82) is 0 Å². The van der Waals surface area contributed by atoms with Crippen LogP contribution in [0.2, 0.25) is 0 Å². The third-order valence-corrected chi connectivity index (χ3v) is 5.15. The Balaban J connectivity index is 1.52. The first-order chi connectivity index (χ1) is 14.1. The van der Waals surface area contributed by atoms with E-state index in [0.29, 0.717) is 40.4 Å². The van der Waals surface area contributed by atoms with E-state index in [-0.39, 0.29) is 5.91 Å². The lowest BCUT2D eigenvalue weighted by molar-refractivity contribution is -0.115. The third-order valence-electron chi connectivity index (χ3n) is 3.98. The Hall–Kier alpha value is -2.71. The summed E-state index contributed by atoms with van der Waals surface area (Å²) in [6.07, 6.45) is 2.48. The summed E-state index contributed by atoms with van der Waals surface area (Å²) >= 11 is 6.24. The van der Waals surface area contributed by atoms with Crippen LogP contribution in [0.5, 0.6) is 23.0 Å². The Morgan fingerprint density at radius 1 is 1.00 bits per heavy atom. The van der Waals surface area contributed by atoms with Crippen LogP contribution in [-0.2, 0) is 4.79 Å². The molecule has 29 heavy (non-hydrogen) atoms. The minimum atomic E-state index is -0.185. The Labute approximate surface area is 179 Å². The summed E-state index contributed by atoms with van der Waals surface area (Å²) in [6, 6.07) is 13.0. The summed E-state index contributed by atoms with van der Waals surface area (Å²) < 4.78 is 22.6. The van der Waals surface area contributed by atoms with Gasteiger partial charge in [-0.2, -0.15) is 0 Å². The molecule has 0 aromatic heterocycles. The van der Waals surface area contributed by atoms with E-state index in [1.807, 2.05) is 42.5 Å².